The molecule has 1 aromatic rings. The number of nitrogens with zero attached hydrogens (tertiary/aromatic N) is 4. The third-order valence-electron chi connectivity index (χ3n) is 4.97. The Kier molecular flexibility index (Phi) is 4.69. The van der Waals surface area contributed by atoms with Crippen molar-refractivity contribution < 1.29 is 0 Å². The summed E-state index contributed by atoms with van der Waals surface area (Å²) in [5.74, 6) is 0. The van der Waals surface area contributed by atoms with E-state index in [1.165, 1.54) is 38.3 Å². The van der Waals surface area contributed by atoms with Crippen LogP contribution in [0.15, 0.2) is 4.47 Å². The van der Waals surface area contributed by atoms with Gasteiger partial charge in [0.15, 0.2) is 0 Å². The number of hydrogen-bond acceptors (Lipinski definition) is 4. The Morgan fingerprint density at radius 1 is 1.24 bits per heavy atom. The summed E-state index contributed by atoms with van der Waals surface area (Å²) in [4.78, 5) is 5.20. The van der Waals surface area contributed by atoms with Gasteiger partial charge >= 0.3 is 0 Å². The third kappa shape index (κ3) is 3.33. The minimum Gasteiger partial charge on any atom is -0.328 e. The molecule has 0 saturated carbocycles. The van der Waals surface area contributed by atoms with E-state index in [0.717, 1.165) is 29.6 Å². The molecule has 1 aromatic heterocycles. The molecule has 118 valence electrons. The Balaban J connectivity index is 1.57. The molecule has 2 aliphatic rings. The molecule has 0 spiro atoms. The van der Waals surface area contributed by atoms with Crippen molar-refractivity contribution in [2.45, 2.75) is 44.8 Å². The van der Waals surface area contributed by atoms with Gasteiger partial charge in [-0.25, -0.2) is 0 Å². The van der Waals surface area contributed by atoms with Gasteiger partial charge in [-0.05, 0) is 55.2 Å². The highest BCUT2D eigenvalue weighted by atomic mass is 79.9. The predicted octanol–water partition coefficient (Wildman–Crippen LogP) is 1.49. The maximum absolute atomic E-state index is 6.01. The van der Waals surface area contributed by atoms with Gasteiger partial charge in [-0.2, -0.15) is 5.10 Å². The largest absolute Gasteiger partial charge is 0.328 e. The first kappa shape index (κ1) is 15.5. The van der Waals surface area contributed by atoms with Gasteiger partial charge in [0.2, 0.25) is 0 Å². The second-order valence-electron chi connectivity index (χ2n) is 6.52. The van der Waals surface area contributed by atoms with E-state index in [1.54, 1.807) is 0 Å². The molecule has 21 heavy (non-hydrogen) atoms. The highest BCUT2D eigenvalue weighted by Gasteiger charge is 2.30. The fourth-order valence-electron chi connectivity index (χ4n) is 3.60. The number of rotatable bonds is 3. The molecule has 1 unspecified atom stereocenters. The van der Waals surface area contributed by atoms with E-state index >= 15 is 0 Å². The second-order valence-corrected chi connectivity index (χ2v) is 7.31. The van der Waals surface area contributed by atoms with Crippen LogP contribution in [0.4, 0.5) is 0 Å². The van der Waals surface area contributed by atoms with E-state index in [4.69, 9.17) is 5.73 Å². The molecule has 3 rings (SSSR count). The molecular formula is C15H26BrN5. The number of nitrogens with two attached hydrogens (primary N) is 1. The fourth-order valence-corrected chi connectivity index (χ4v) is 4.06. The fraction of sp³-hybridized carbons (Fsp3) is 0.800. The molecule has 3 heterocycles. The zero-order valence-electron chi connectivity index (χ0n) is 13.1. The summed E-state index contributed by atoms with van der Waals surface area (Å²) in [5.41, 5.74) is 8.37. The van der Waals surface area contributed by atoms with Crippen LogP contribution >= 0.6 is 15.9 Å². The summed E-state index contributed by atoms with van der Waals surface area (Å²) >= 11 is 3.67. The summed E-state index contributed by atoms with van der Waals surface area (Å²) in [6, 6.07) is 1.14. The van der Waals surface area contributed by atoms with Crippen LogP contribution in [0.3, 0.4) is 0 Å². The summed E-state index contributed by atoms with van der Waals surface area (Å²) in [6.07, 6.45) is 3.59. The van der Waals surface area contributed by atoms with Crippen molar-refractivity contribution in [2.75, 3.05) is 26.2 Å². The van der Waals surface area contributed by atoms with Gasteiger partial charge < -0.3 is 5.73 Å². The Bertz CT molecular complexity index is 492. The first-order chi connectivity index (χ1) is 10.0. The third-order valence-corrected chi connectivity index (χ3v) is 6.00. The molecule has 2 N–H and O–H groups in total. The van der Waals surface area contributed by atoms with E-state index in [0.29, 0.717) is 12.1 Å². The maximum atomic E-state index is 6.01. The standard InChI is InChI=1S/C15H26BrN5/c1-11-15(16)14(19(2)18-11)10-20-6-5-13(9-20)21-7-3-12(17)4-8-21/h12-13H,3-10,17H2,1-2H3. The van der Waals surface area contributed by atoms with E-state index in [-0.39, 0.29) is 0 Å². The topological polar surface area (TPSA) is 50.3 Å². The van der Waals surface area contributed by atoms with Crippen molar-refractivity contribution in [3.05, 3.63) is 15.9 Å². The number of hydrogen-bond donors (Lipinski definition) is 1. The first-order valence-electron chi connectivity index (χ1n) is 7.94. The SMILES string of the molecule is Cc1nn(C)c(CN2CCC(N3CCC(N)CC3)C2)c1Br. The molecule has 0 amide bonds. The van der Waals surface area contributed by atoms with Crippen LogP contribution in [0.1, 0.15) is 30.7 Å². The van der Waals surface area contributed by atoms with Gasteiger partial charge in [0.05, 0.1) is 15.9 Å². The first-order valence-corrected chi connectivity index (χ1v) is 8.74. The van der Waals surface area contributed by atoms with Gasteiger partial charge in [0.25, 0.3) is 0 Å². The van der Waals surface area contributed by atoms with Crippen molar-refractivity contribution in [1.29, 1.82) is 0 Å². The molecule has 6 heteroatoms. The molecule has 0 aromatic carbocycles. The van der Waals surface area contributed by atoms with Crippen LogP contribution in [0, 0.1) is 6.92 Å². The lowest BCUT2D eigenvalue weighted by molar-refractivity contribution is 0.151. The Morgan fingerprint density at radius 2 is 1.95 bits per heavy atom. The van der Waals surface area contributed by atoms with Crippen LogP contribution in [0.25, 0.3) is 0 Å². The van der Waals surface area contributed by atoms with Crippen molar-refractivity contribution >= 4 is 15.9 Å². The monoisotopic (exact) mass is 355 g/mol. The van der Waals surface area contributed by atoms with Gasteiger partial charge in [0, 0.05) is 38.8 Å². The quantitative estimate of drug-likeness (QED) is 0.892. The molecule has 2 aliphatic heterocycles. The maximum Gasteiger partial charge on any atom is 0.0739 e. The lowest BCUT2D eigenvalue weighted by Gasteiger charge is -2.34. The molecule has 5 nitrogen and oxygen atoms in total. The van der Waals surface area contributed by atoms with Crippen LogP contribution < -0.4 is 5.73 Å². The minimum absolute atomic E-state index is 0.423. The molecule has 2 saturated heterocycles. The van der Waals surface area contributed by atoms with Gasteiger partial charge in [-0.15, -0.1) is 0 Å². The summed E-state index contributed by atoms with van der Waals surface area (Å²) < 4.78 is 3.17. The van der Waals surface area contributed by atoms with E-state index < -0.39 is 0 Å². The minimum atomic E-state index is 0.423. The number of piperidine rings is 1. The van der Waals surface area contributed by atoms with Gasteiger partial charge in [-0.1, -0.05) is 0 Å². The zero-order valence-corrected chi connectivity index (χ0v) is 14.6. The predicted molar refractivity (Wildman–Crippen MR) is 88.1 cm³/mol. The lowest BCUT2D eigenvalue weighted by atomic mass is 10.0. The molecule has 0 bridgehead atoms. The lowest BCUT2D eigenvalue weighted by Crippen LogP contribution is -2.46. The number of likely N-dealkylation sites (tertiary alicyclic amines) is 2. The van der Waals surface area contributed by atoms with Crippen LogP contribution in [-0.4, -0.2) is 57.8 Å². The van der Waals surface area contributed by atoms with Gasteiger partial charge in [-0.3, -0.25) is 14.5 Å². The number of aryl methyl sites for hydroxylation is 2. The highest BCUT2D eigenvalue weighted by Crippen LogP contribution is 2.25. The summed E-state index contributed by atoms with van der Waals surface area (Å²) in [5, 5.41) is 4.49. The highest BCUT2D eigenvalue weighted by molar-refractivity contribution is 9.10. The van der Waals surface area contributed by atoms with Crippen LogP contribution in [0.5, 0.6) is 0 Å². The Morgan fingerprint density at radius 3 is 2.57 bits per heavy atom. The van der Waals surface area contributed by atoms with E-state index in [2.05, 4.69) is 37.8 Å². The van der Waals surface area contributed by atoms with Crippen molar-refractivity contribution in [3.8, 4) is 0 Å². The molecule has 1 atom stereocenters. The molecule has 2 fully saturated rings. The number of aromatic nitrogens is 2. The van der Waals surface area contributed by atoms with E-state index in [1.807, 2.05) is 11.7 Å². The van der Waals surface area contributed by atoms with Gasteiger partial charge in [0.1, 0.15) is 0 Å². The molecular weight excluding hydrogens is 330 g/mol. The Hall–Kier alpha value is -0.430. The average molecular weight is 356 g/mol. The average Bonchev–Trinajstić information content (AvgIpc) is 3.01. The normalized spacial score (nSPS) is 25.8. The van der Waals surface area contributed by atoms with Crippen molar-refractivity contribution in [3.63, 3.8) is 0 Å². The summed E-state index contributed by atoms with van der Waals surface area (Å²) in [6.45, 7) is 7.75. The second kappa shape index (κ2) is 6.36. The zero-order chi connectivity index (χ0) is 15.0. The van der Waals surface area contributed by atoms with E-state index in [9.17, 15) is 0 Å². The van der Waals surface area contributed by atoms with Crippen LogP contribution in [0.2, 0.25) is 0 Å². The van der Waals surface area contributed by atoms with Crippen LogP contribution in [-0.2, 0) is 13.6 Å². The van der Waals surface area contributed by atoms with Crippen molar-refractivity contribution in [2.24, 2.45) is 12.8 Å². The molecule has 0 radical (unpaired) electrons. The van der Waals surface area contributed by atoms with Crippen molar-refractivity contribution in [1.82, 2.24) is 19.6 Å². The smallest absolute Gasteiger partial charge is 0.0739 e. The molecule has 0 aliphatic carbocycles. The Labute approximate surface area is 135 Å². The summed E-state index contributed by atoms with van der Waals surface area (Å²) in [7, 11) is 2.03. The number of halogens is 1.